The van der Waals surface area contributed by atoms with Gasteiger partial charge in [0, 0.05) is 89.4 Å². The molecule has 2 unspecified atom stereocenters. The van der Waals surface area contributed by atoms with E-state index in [0.717, 1.165) is 0 Å². The number of benzene rings is 2. The van der Waals surface area contributed by atoms with E-state index in [9.17, 15) is 68.8 Å². The summed E-state index contributed by atoms with van der Waals surface area (Å²) >= 11 is 0. The van der Waals surface area contributed by atoms with Crippen LogP contribution in [-0.2, 0) is 33.6 Å². The normalized spacial score (nSPS) is 17.1. The Morgan fingerprint density at radius 3 is 1.86 bits per heavy atom. The number of amides is 5. The number of nitrogens with one attached hydrogen (secondary N) is 4. The van der Waals surface area contributed by atoms with Crippen LogP contribution in [0.1, 0.15) is 94.5 Å². The minimum Gasteiger partial charge on any atom is -0.494 e. The highest BCUT2D eigenvalue weighted by atomic mass is 28.4. The number of aliphatic carboxylic acids is 4. The van der Waals surface area contributed by atoms with Crippen molar-refractivity contribution in [1.82, 2.24) is 55.7 Å². The number of hydrogen-bond acceptors (Lipinski definition) is 17. The summed E-state index contributed by atoms with van der Waals surface area (Å²) in [6, 6.07) is 9.78. The number of aromatic nitrogens is 2. The van der Waals surface area contributed by atoms with Crippen molar-refractivity contribution in [2.45, 2.75) is 102 Å². The summed E-state index contributed by atoms with van der Waals surface area (Å²) in [4.78, 5) is 132. The van der Waals surface area contributed by atoms with Crippen molar-refractivity contribution in [2.75, 3.05) is 105 Å². The smallest absolute Gasteiger partial charge is 0.320 e. The molecule has 28 heteroatoms. The van der Waals surface area contributed by atoms with Gasteiger partial charge < -0.3 is 55.4 Å². The largest absolute Gasteiger partial charge is 0.494 e. The van der Waals surface area contributed by atoms with Crippen LogP contribution >= 0.6 is 0 Å². The highest BCUT2D eigenvalue weighted by Gasteiger charge is 2.56. The lowest BCUT2D eigenvalue weighted by molar-refractivity contribution is -0.145. The van der Waals surface area contributed by atoms with E-state index < -0.39 is 116 Å². The number of fused-ring (bicyclic) bond motifs is 1. The van der Waals surface area contributed by atoms with Gasteiger partial charge in [0.15, 0.2) is 0 Å². The van der Waals surface area contributed by atoms with Gasteiger partial charge in [-0.15, -0.1) is 0 Å². The van der Waals surface area contributed by atoms with Crippen LogP contribution in [0.3, 0.4) is 0 Å². The van der Waals surface area contributed by atoms with Crippen LogP contribution in [0.15, 0.2) is 48.8 Å². The third kappa shape index (κ3) is 19.2. The predicted molar refractivity (Wildman–Crippen MR) is 306 cm³/mol. The lowest BCUT2D eigenvalue weighted by Crippen LogP contribution is -2.57. The van der Waals surface area contributed by atoms with E-state index >= 15 is 4.11 Å². The van der Waals surface area contributed by atoms with Gasteiger partial charge in [-0.1, -0.05) is 53.7 Å². The molecule has 0 saturated carbocycles. The zero-order valence-electron chi connectivity index (χ0n) is 48.5. The van der Waals surface area contributed by atoms with Gasteiger partial charge in [-0.25, -0.2) is 9.97 Å². The fourth-order valence-electron chi connectivity index (χ4n) is 10.7. The van der Waals surface area contributed by atoms with Gasteiger partial charge in [0.25, 0.3) is 20.2 Å². The monoisotopic (exact) mass is 1190 g/mol. The molecule has 1 aromatic heterocycles. The third-order valence-corrected chi connectivity index (χ3v) is 20.1. The van der Waals surface area contributed by atoms with Crippen molar-refractivity contribution in [3.63, 3.8) is 0 Å². The molecule has 2 aromatic carbocycles. The number of carbonyl (C=O) groups excluding carboxylic acids is 5. The summed E-state index contributed by atoms with van der Waals surface area (Å²) < 4.78 is 23.1. The van der Waals surface area contributed by atoms with Crippen LogP contribution in [0.25, 0.3) is 10.9 Å². The third-order valence-electron chi connectivity index (χ3n) is 14.9. The van der Waals surface area contributed by atoms with Gasteiger partial charge in [-0.2, -0.15) is 5.26 Å². The average molecular weight is 1190 g/mol. The number of carbonyl (C=O) groups is 9. The number of carboxylic acids is 4. The number of halogens is 1. The molecule has 26 nitrogen and oxygen atoms in total. The first-order chi connectivity index (χ1) is 39.6. The van der Waals surface area contributed by atoms with E-state index in [-0.39, 0.29) is 103 Å². The second-order valence-electron chi connectivity index (χ2n) is 23.0. The molecular weight excluding hydrogens is 1110 g/mol. The first-order valence-electron chi connectivity index (χ1n) is 27.9. The summed E-state index contributed by atoms with van der Waals surface area (Å²) in [5, 5.41) is 58.9. The van der Waals surface area contributed by atoms with Crippen LogP contribution < -0.4 is 31.2 Å². The SMILES string of the molecule is CC(C)(C)[Si](F)(c1ccc(C(=O)NCC(NC(=O)CCC(C(=O)O)N2CCN(CC(=O)O)CCN(CC(=O)O)CCN(CC(=O)O)CC2)C(=O)NCCCOc2ccc3ncnc(C(=O)NCC(=O)N4CCC[C@H]4C#N)c3c2)cc1)C(C)(C)C. The molecule has 5 rings (SSSR count). The summed E-state index contributed by atoms with van der Waals surface area (Å²) in [7, 11) is -3.68. The molecule has 2 aliphatic heterocycles. The molecule has 2 saturated heterocycles. The number of likely N-dealkylation sites (tertiary alicyclic amines) is 1. The number of nitrogens with zero attached hydrogens (tertiary/aromatic N) is 8. The number of carboxylic acid groups (broad SMARTS) is 4. The van der Waals surface area contributed by atoms with E-state index in [1.165, 1.54) is 38.1 Å². The lowest BCUT2D eigenvalue weighted by Gasteiger charge is -2.44. The van der Waals surface area contributed by atoms with Crippen LogP contribution in [-0.4, -0.2) is 240 Å². The minimum atomic E-state index is -3.68. The quantitative estimate of drug-likeness (QED) is 0.0334. The van der Waals surface area contributed by atoms with Gasteiger partial charge in [0.05, 0.1) is 44.4 Å². The molecule has 0 bridgehead atoms. The Hall–Kier alpha value is -7.71. The second-order valence-corrected chi connectivity index (χ2v) is 27.8. The molecule has 0 radical (unpaired) electrons. The maximum Gasteiger partial charge on any atom is 0.320 e. The van der Waals surface area contributed by atoms with Crippen molar-refractivity contribution >= 4 is 77.9 Å². The summed E-state index contributed by atoms with van der Waals surface area (Å²) in [6.45, 7) is 9.99. The molecule has 3 aromatic rings. The average Bonchev–Trinajstić information content (AvgIpc) is 1.67. The van der Waals surface area contributed by atoms with Crippen LogP contribution in [0.5, 0.6) is 5.75 Å². The minimum absolute atomic E-state index is 0.00448. The van der Waals surface area contributed by atoms with E-state index in [4.69, 9.17) is 4.74 Å². The molecule has 0 aliphatic carbocycles. The van der Waals surface area contributed by atoms with Gasteiger partial charge in [0.1, 0.15) is 35.9 Å². The van der Waals surface area contributed by atoms with E-state index in [2.05, 4.69) is 37.3 Å². The lowest BCUT2D eigenvalue weighted by atomic mass is 10.1. The second kappa shape index (κ2) is 30.7. The highest BCUT2D eigenvalue weighted by molar-refractivity contribution is 6.90. The predicted octanol–water partition coefficient (Wildman–Crippen LogP) is 1.11. The number of hydrogen-bond donors (Lipinski definition) is 8. The summed E-state index contributed by atoms with van der Waals surface area (Å²) in [5.41, 5.74) is 0.565. The van der Waals surface area contributed by atoms with E-state index in [1.807, 2.05) is 41.5 Å². The summed E-state index contributed by atoms with van der Waals surface area (Å²) in [6.07, 6.45) is 1.92. The standard InChI is InChI=1S/C56H79FN12O14Si/c1-55(2,3)84(57,56(4,5)6)40-13-10-37(11-14-40)51(78)60-31-43(52(79)59-18-8-28-83-39-12-15-42-41(29-39)50(63-36-62-42)53(80)61-32-46(71)69-19-7-9-38(69)30-58)64-45(70)17-16-44(54(81)82)68-26-24-66(34-48(74)75)22-20-65(33-47(72)73)21-23-67(25-27-68)35-49(76)77/h10-15,29,36,38,43-44H,7-9,16-28,31-35H2,1-6H3,(H,59,79)(H,60,78)(H,61,80)(H,64,70)(H,72,73)(H,74,75)(H,76,77)(H,81,82)/t38-,43?,44?/m0/s1. The number of nitriles is 1. The van der Waals surface area contributed by atoms with Crippen molar-refractivity contribution < 1.29 is 72.4 Å². The van der Waals surface area contributed by atoms with Gasteiger partial charge in [-0.05, 0) is 71.3 Å². The van der Waals surface area contributed by atoms with Crippen molar-refractivity contribution in [2.24, 2.45) is 0 Å². The molecule has 8 N–H and O–H groups in total. The highest BCUT2D eigenvalue weighted by Crippen LogP contribution is 2.51. The zero-order valence-corrected chi connectivity index (χ0v) is 49.5. The molecule has 0 spiro atoms. The Morgan fingerprint density at radius 1 is 0.750 bits per heavy atom. The van der Waals surface area contributed by atoms with Crippen molar-refractivity contribution in [3.8, 4) is 11.8 Å². The molecule has 5 amide bonds. The molecule has 3 atom stereocenters. The van der Waals surface area contributed by atoms with Crippen LogP contribution in [0.2, 0.25) is 10.1 Å². The van der Waals surface area contributed by atoms with Crippen LogP contribution in [0, 0.1) is 11.3 Å². The van der Waals surface area contributed by atoms with Gasteiger partial charge in [0.2, 0.25) is 17.7 Å². The Balaban J connectivity index is 1.28. The topological polar surface area (TPSA) is 358 Å². The van der Waals surface area contributed by atoms with Crippen LogP contribution in [0.4, 0.5) is 4.11 Å². The maximum absolute atomic E-state index is 17.1. The number of rotatable bonds is 25. The van der Waals surface area contributed by atoms with E-state index in [1.54, 1.807) is 35.2 Å². The molecule has 2 aliphatic rings. The molecule has 458 valence electrons. The Bertz CT molecular complexity index is 2840. The molecule has 84 heavy (non-hydrogen) atoms. The Morgan fingerprint density at radius 2 is 1.32 bits per heavy atom. The Kier molecular flexibility index (Phi) is 24.5. The molecule has 3 heterocycles. The first kappa shape index (κ1) is 67.1. The fraction of sp³-hybridized carbons (Fsp3) is 0.571. The first-order valence-corrected chi connectivity index (χ1v) is 29.8. The molecule has 2 fully saturated rings. The van der Waals surface area contributed by atoms with Gasteiger partial charge in [-0.3, -0.25) is 62.8 Å². The zero-order chi connectivity index (χ0) is 61.9. The Labute approximate surface area is 488 Å². The van der Waals surface area contributed by atoms with E-state index in [0.29, 0.717) is 41.2 Å². The maximum atomic E-state index is 17.1. The number of ether oxygens (including phenoxy) is 1. The van der Waals surface area contributed by atoms with Gasteiger partial charge >= 0.3 is 23.9 Å². The van der Waals surface area contributed by atoms with Crippen molar-refractivity contribution in [3.05, 3.63) is 60.0 Å². The fourth-order valence-corrected chi connectivity index (χ4v) is 15.3. The van der Waals surface area contributed by atoms with Crippen molar-refractivity contribution in [1.29, 1.82) is 5.26 Å². The summed E-state index contributed by atoms with van der Waals surface area (Å²) in [5.74, 6) is -7.61. The molecular formula is C56H79FN12O14Si.